The van der Waals surface area contributed by atoms with Gasteiger partial charge in [0.15, 0.2) is 5.75 Å². The Morgan fingerprint density at radius 3 is 3.23 bits per heavy atom. The topological polar surface area (TPSA) is 39.1 Å². The number of aromatic nitrogens is 2. The first-order chi connectivity index (χ1) is 6.33. The summed E-state index contributed by atoms with van der Waals surface area (Å²) in [5, 5.41) is 7.13. The molecular formula is C9H15N3O. The van der Waals surface area contributed by atoms with Crippen molar-refractivity contribution in [3.8, 4) is 5.75 Å². The highest BCUT2D eigenvalue weighted by Gasteiger charge is 1.94. The van der Waals surface area contributed by atoms with E-state index in [1.54, 1.807) is 10.9 Å². The molecule has 1 N–H and O–H groups in total. The third-order valence-electron chi connectivity index (χ3n) is 1.52. The van der Waals surface area contributed by atoms with E-state index >= 15 is 0 Å². The average molecular weight is 181 g/mol. The van der Waals surface area contributed by atoms with Gasteiger partial charge in [0.1, 0.15) is 6.61 Å². The Balaban J connectivity index is 2.09. The molecule has 0 aliphatic rings. The van der Waals surface area contributed by atoms with Gasteiger partial charge in [0.25, 0.3) is 0 Å². The minimum atomic E-state index is 0.652. The van der Waals surface area contributed by atoms with Crippen LogP contribution in [0.3, 0.4) is 0 Å². The summed E-state index contributed by atoms with van der Waals surface area (Å²) in [4.78, 5) is 0. The van der Waals surface area contributed by atoms with Gasteiger partial charge >= 0.3 is 0 Å². The molecule has 0 aliphatic heterocycles. The van der Waals surface area contributed by atoms with Crippen molar-refractivity contribution in [1.82, 2.24) is 15.1 Å². The Morgan fingerprint density at radius 2 is 2.62 bits per heavy atom. The minimum Gasteiger partial charge on any atom is -0.489 e. The lowest BCUT2D eigenvalue weighted by molar-refractivity contribution is 0.316. The monoisotopic (exact) mass is 181 g/mol. The third-order valence-corrected chi connectivity index (χ3v) is 1.52. The highest BCUT2D eigenvalue weighted by molar-refractivity contribution is 5.11. The van der Waals surface area contributed by atoms with Gasteiger partial charge in [-0.1, -0.05) is 6.08 Å². The highest BCUT2D eigenvalue weighted by Crippen LogP contribution is 2.05. The van der Waals surface area contributed by atoms with Crippen molar-refractivity contribution >= 4 is 0 Å². The zero-order valence-corrected chi connectivity index (χ0v) is 7.86. The molecule has 0 radical (unpaired) electrons. The van der Waals surface area contributed by atoms with Crippen LogP contribution in [0.4, 0.5) is 0 Å². The van der Waals surface area contributed by atoms with Gasteiger partial charge in [-0.2, -0.15) is 5.10 Å². The van der Waals surface area contributed by atoms with Crippen LogP contribution in [-0.4, -0.2) is 29.5 Å². The van der Waals surface area contributed by atoms with E-state index in [4.69, 9.17) is 4.74 Å². The summed E-state index contributed by atoms with van der Waals surface area (Å²) in [5.41, 5.74) is 0. The summed E-state index contributed by atoms with van der Waals surface area (Å²) in [6.45, 7) is 5.89. The standard InChI is InChI=1S/C9H15N3O/c1-3-4-10-5-6-13-9-7-11-12(2)8-9/h3,7-8,10H,1,4-6H2,2H3. The number of ether oxygens (including phenoxy) is 1. The summed E-state index contributed by atoms with van der Waals surface area (Å²) in [6, 6.07) is 0. The van der Waals surface area contributed by atoms with Crippen LogP contribution in [0.5, 0.6) is 5.75 Å². The van der Waals surface area contributed by atoms with Crippen LogP contribution < -0.4 is 10.1 Å². The summed E-state index contributed by atoms with van der Waals surface area (Å²) >= 11 is 0. The molecule has 0 bridgehead atoms. The zero-order valence-electron chi connectivity index (χ0n) is 7.86. The van der Waals surface area contributed by atoms with Crippen molar-refractivity contribution in [2.75, 3.05) is 19.7 Å². The van der Waals surface area contributed by atoms with Crippen LogP contribution in [0.1, 0.15) is 0 Å². The van der Waals surface area contributed by atoms with E-state index < -0.39 is 0 Å². The van der Waals surface area contributed by atoms with Crippen molar-refractivity contribution in [1.29, 1.82) is 0 Å². The number of rotatable bonds is 6. The van der Waals surface area contributed by atoms with Crippen LogP contribution in [0.15, 0.2) is 25.0 Å². The molecule has 0 saturated heterocycles. The molecule has 1 aromatic rings. The Labute approximate surface area is 78.2 Å². The Morgan fingerprint density at radius 1 is 1.77 bits per heavy atom. The van der Waals surface area contributed by atoms with Gasteiger partial charge in [0, 0.05) is 20.1 Å². The maximum Gasteiger partial charge on any atom is 0.157 e. The van der Waals surface area contributed by atoms with E-state index in [-0.39, 0.29) is 0 Å². The molecule has 4 heteroatoms. The van der Waals surface area contributed by atoms with Gasteiger partial charge in [-0.3, -0.25) is 4.68 Å². The molecule has 1 rings (SSSR count). The Kier molecular flexibility index (Phi) is 4.05. The SMILES string of the molecule is C=CCNCCOc1cnn(C)c1. The van der Waals surface area contributed by atoms with Gasteiger partial charge in [-0.15, -0.1) is 6.58 Å². The molecule has 13 heavy (non-hydrogen) atoms. The molecule has 0 spiro atoms. The molecule has 72 valence electrons. The smallest absolute Gasteiger partial charge is 0.157 e. The second-order valence-corrected chi connectivity index (χ2v) is 2.69. The lowest BCUT2D eigenvalue weighted by Gasteiger charge is -2.02. The lowest BCUT2D eigenvalue weighted by atomic mass is 10.5. The van der Waals surface area contributed by atoms with Gasteiger partial charge in [-0.05, 0) is 0 Å². The maximum absolute atomic E-state index is 5.39. The van der Waals surface area contributed by atoms with E-state index in [1.165, 1.54) is 0 Å². The normalized spacial score (nSPS) is 9.92. The van der Waals surface area contributed by atoms with E-state index in [2.05, 4.69) is 17.0 Å². The fourth-order valence-electron chi connectivity index (χ4n) is 0.918. The van der Waals surface area contributed by atoms with E-state index in [1.807, 2.05) is 19.3 Å². The first kappa shape index (κ1) is 9.80. The quantitative estimate of drug-likeness (QED) is 0.515. The summed E-state index contributed by atoms with van der Waals surface area (Å²) in [5.74, 6) is 0.808. The van der Waals surface area contributed by atoms with Crippen molar-refractivity contribution in [3.05, 3.63) is 25.0 Å². The maximum atomic E-state index is 5.39. The summed E-state index contributed by atoms with van der Waals surface area (Å²) in [6.07, 6.45) is 5.37. The van der Waals surface area contributed by atoms with Crippen molar-refractivity contribution < 1.29 is 4.74 Å². The minimum absolute atomic E-state index is 0.652. The molecule has 4 nitrogen and oxygen atoms in total. The zero-order chi connectivity index (χ0) is 9.52. The molecule has 0 aromatic carbocycles. The van der Waals surface area contributed by atoms with Crippen molar-refractivity contribution in [3.63, 3.8) is 0 Å². The van der Waals surface area contributed by atoms with E-state index in [9.17, 15) is 0 Å². The second-order valence-electron chi connectivity index (χ2n) is 2.69. The van der Waals surface area contributed by atoms with Crippen molar-refractivity contribution in [2.45, 2.75) is 0 Å². The number of aryl methyl sites for hydroxylation is 1. The summed E-state index contributed by atoms with van der Waals surface area (Å²) in [7, 11) is 1.86. The fraction of sp³-hybridized carbons (Fsp3) is 0.444. The predicted octanol–water partition coefficient (Wildman–Crippen LogP) is 0.574. The van der Waals surface area contributed by atoms with Crippen LogP contribution >= 0.6 is 0 Å². The number of hydrogen-bond donors (Lipinski definition) is 1. The largest absolute Gasteiger partial charge is 0.489 e. The molecule has 0 fully saturated rings. The van der Waals surface area contributed by atoms with Gasteiger partial charge < -0.3 is 10.1 Å². The van der Waals surface area contributed by atoms with Gasteiger partial charge in [0.2, 0.25) is 0 Å². The van der Waals surface area contributed by atoms with Crippen LogP contribution in [-0.2, 0) is 7.05 Å². The number of nitrogens with zero attached hydrogens (tertiary/aromatic N) is 2. The average Bonchev–Trinajstić information content (AvgIpc) is 2.51. The molecule has 0 atom stereocenters. The third kappa shape index (κ3) is 3.75. The highest BCUT2D eigenvalue weighted by atomic mass is 16.5. The lowest BCUT2D eigenvalue weighted by Crippen LogP contribution is -2.20. The van der Waals surface area contributed by atoms with Gasteiger partial charge in [0.05, 0.1) is 12.4 Å². The molecule has 0 saturated carbocycles. The van der Waals surface area contributed by atoms with E-state index in [0.717, 1.165) is 18.8 Å². The number of hydrogen-bond acceptors (Lipinski definition) is 3. The van der Waals surface area contributed by atoms with E-state index in [0.29, 0.717) is 6.61 Å². The fourth-order valence-corrected chi connectivity index (χ4v) is 0.918. The van der Waals surface area contributed by atoms with Crippen molar-refractivity contribution in [2.24, 2.45) is 7.05 Å². The molecule has 1 heterocycles. The van der Waals surface area contributed by atoms with Crippen LogP contribution in [0, 0.1) is 0 Å². The van der Waals surface area contributed by atoms with Gasteiger partial charge in [-0.25, -0.2) is 0 Å². The predicted molar refractivity (Wildman–Crippen MR) is 51.8 cm³/mol. The molecule has 1 aromatic heterocycles. The summed E-state index contributed by atoms with van der Waals surface area (Å²) < 4.78 is 7.11. The molecular weight excluding hydrogens is 166 g/mol. The first-order valence-electron chi connectivity index (χ1n) is 4.26. The molecule has 0 amide bonds. The Hall–Kier alpha value is -1.29. The molecule has 0 unspecified atom stereocenters. The van der Waals surface area contributed by atoms with Crippen LogP contribution in [0.2, 0.25) is 0 Å². The molecule has 0 aliphatic carbocycles. The second kappa shape index (κ2) is 5.37. The number of nitrogens with one attached hydrogen (secondary N) is 1. The van der Waals surface area contributed by atoms with Crippen LogP contribution in [0.25, 0.3) is 0 Å². The first-order valence-corrected chi connectivity index (χ1v) is 4.26. The Bertz CT molecular complexity index is 257.